The summed E-state index contributed by atoms with van der Waals surface area (Å²) in [6.45, 7) is 4.84. The van der Waals surface area contributed by atoms with Crippen LogP contribution >= 0.6 is 46.8 Å². The van der Waals surface area contributed by atoms with E-state index in [1.54, 1.807) is 6.20 Å². The number of hydrogen-bond acceptors (Lipinski definition) is 3. The van der Waals surface area contributed by atoms with E-state index in [1.807, 2.05) is 18.2 Å². The van der Waals surface area contributed by atoms with E-state index in [1.165, 1.54) is 0 Å². The van der Waals surface area contributed by atoms with Gasteiger partial charge in [-0.15, -0.1) is 0 Å². The normalized spacial score (nSPS) is 11.8. The first kappa shape index (κ1) is 15.2. The summed E-state index contributed by atoms with van der Waals surface area (Å²) >= 11 is 12.8. The van der Waals surface area contributed by atoms with Gasteiger partial charge in [0.05, 0.1) is 15.2 Å². The molecular weight excluding hydrogens is 393 g/mol. The van der Waals surface area contributed by atoms with Crippen molar-refractivity contribution in [3.63, 3.8) is 0 Å². The zero-order chi connectivity index (χ0) is 14.0. The monoisotopic (exact) mass is 407 g/mol. The van der Waals surface area contributed by atoms with Gasteiger partial charge in [-0.2, -0.15) is 12.6 Å². The molecular formula is C14H15ClINOS. The molecule has 102 valence electrons. The minimum atomic E-state index is 0.0208. The molecule has 0 atom stereocenters. The minimum Gasteiger partial charge on any atom is -0.490 e. The summed E-state index contributed by atoms with van der Waals surface area (Å²) in [6, 6.07) is 5.75. The minimum absolute atomic E-state index is 0.0208. The number of fused-ring (bicyclic) bond motifs is 1. The van der Waals surface area contributed by atoms with Gasteiger partial charge in [-0.3, -0.25) is 4.98 Å². The van der Waals surface area contributed by atoms with Gasteiger partial charge in [0.2, 0.25) is 0 Å². The van der Waals surface area contributed by atoms with E-state index < -0.39 is 0 Å². The molecule has 1 heterocycles. The van der Waals surface area contributed by atoms with E-state index in [-0.39, 0.29) is 5.41 Å². The average Bonchev–Trinajstić information content (AvgIpc) is 2.38. The van der Waals surface area contributed by atoms with Crippen molar-refractivity contribution in [1.82, 2.24) is 4.98 Å². The molecule has 2 nitrogen and oxygen atoms in total. The molecule has 19 heavy (non-hydrogen) atoms. The predicted octanol–water partition coefficient (Wildman–Crippen LogP) is 4.83. The fourth-order valence-corrected chi connectivity index (χ4v) is 2.86. The molecule has 0 radical (unpaired) electrons. The number of rotatable bonds is 4. The number of ether oxygens (including phenoxy) is 1. The van der Waals surface area contributed by atoms with Crippen LogP contribution in [0.1, 0.15) is 13.8 Å². The Hall–Kier alpha value is -0.200. The molecule has 2 aromatic rings. The summed E-state index contributed by atoms with van der Waals surface area (Å²) in [4.78, 5) is 4.40. The average molecular weight is 408 g/mol. The molecule has 0 saturated heterocycles. The second-order valence-corrected chi connectivity index (χ2v) is 7.07. The maximum Gasteiger partial charge on any atom is 0.158 e. The lowest BCUT2D eigenvalue weighted by Gasteiger charge is -2.23. The van der Waals surface area contributed by atoms with Crippen molar-refractivity contribution in [2.24, 2.45) is 5.41 Å². The zero-order valence-electron chi connectivity index (χ0n) is 10.8. The predicted molar refractivity (Wildman–Crippen MR) is 92.6 cm³/mol. The Morgan fingerprint density at radius 1 is 1.47 bits per heavy atom. The van der Waals surface area contributed by atoms with Crippen LogP contribution < -0.4 is 4.74 Å². The molecule has 2 rings (SSSR count). The number of thiol groups is 1. The van der Waals surface area contributed by atoms with Crippen LogP contribution in [0, 0.1) is 8.99 Å². The number of hydrogen-bond donors (Lipinski definition) is 1. The molecule has 0 aliphatic carbocycles. The third-order valence-electron chi connectivity index (χ3n) is 2.79. The van der Waals surface area contributed by atoms with Gasteiger partial charge in [-0.05, 0) is 46.5 Å². The maximum atomic E-state index is 6.24. The van der Waals surface area contributed by atoms with Gasteiger partial charge in [0.15, 0.2) is 5.75 Å². The van der Waals surface area contributed by atoms with E-state index in [2.05, 4.69) is 54.1 Å². The SMILES string of the molecule is CC(C)(CS)COc1c(I)cc(Cl)c2cccnc12. The van der Waals surface area contributed by atoms with E-state index in [9.17, 15) is 0 Å². The van der Waals surface area contributed by atoms with Gasteiger partial charge in [0, 0.05) is 17.0 Å². The molecule has 0 aliphatic heterocycles. The summed E-state index contributed by atoms with van der Waals surface area (Å²) in [5.74, 6) is 1.57. The Kier molecular flexibility index (Phi) is 4.84. The second-order valence-electron chi connectivity index (χ2n) is 5.18. The Morgan fingerprint density at radius 3 is 2.89 bits per heavy atom. The van der Waals surface area contributed by atoms with Crippen molar-refractivity contribution >= 4 is 57.7 Å². The largest absolute Gasteiger partial charge is 0.490 e. The first-order valence-electron chi connectivity index (χ1n) is 5.91. The number of halogens is 2. The quantitative estimate of drug-likeness (QED) is 0.579. The molecule has 1 aromatic carbocycles. The van der Waals surface area contributed by atoms with Gasteiger partial charge in [-0.1, -0.05) is 25.4 Å². The van der Waals surface area contributed by atoms with Crippen LogP contribution in [-0.2, 0) is 0 Å². The molecule has 0 saturated carbocycles. The van der Waals surface area contributed by atoms with Gasteiger partial charge in [0.25, 0.3) is 0 Å². The highest BCUT2D eigenvalue weighted by molar-refractivity contribution is 14.1. The van der Waals surface area contributed by atoms with Gasteiger partial charge < -0.3 is 4.74 Å². The molecule has 1 aromatic heterocycles. The standard InChI is InChI=1S/C14H15ClINOS/c1-14(2,8-19)7-18-13-11(16)6-10(15)9-4-3-5-17-12(9)13/h3-6,19H,7-8H2,1-2H3. The fourth-order valence-electron chi connectivity index (χ4n) is 1.60. The van der Waals surface area contributed by atoms with E-state index in [4.69, 9.17) is 16.3 Å². The summed E-state index contributed by atoms with van der Waals surface area (Å²) in [5.41, 5.74) is 0.835. The molecule has 0 bridgehead atoms. The highest BCUT2D eigenvalue weighted by atomic mass is 127. The van der Waals surface area contributed by atoms with Crippen molar-refractivity contribution in [3.8, 4) is 5.75 Å². The summed E-state index contributed by atoms with van der Waals surface area (Å²) in [7, 11) is 0. The van der Waals surface area contributed by atoms with Crippen LogP contribution in [0.2, 0.25) is 5.02 Å². The number of pyridine rings is 1. The Morgan fingerprint density at radius 2 is 2.21 bits per heavy atom. The van der Waals surface area contributed by atoms with Crippen LogP contribution in [0.15, 0.2) is 24.4 Å². The summed E-state index contributed by atoms with van der Waals surface area (Å²) < 4.78 is 6.96. The highest BCUT2D eigenvalue weighted by Gasteiger charge is 2.19. The number of nitrogens with zero attached hydrogens (tertiary/aromatic N) is 1. The maximum absolute atomic E-state index is 6.24. The van der Waals surface area contributed by atoms with E-state index in [0.717, 1.165) is 26.0 Å². The van der Waals surface area contributed by atoms with Gasteiger partial charge in [-0.25, -0.2) is 0 Å². The smallest absolute Gasteiger partial charge is 0.158 e. The van der Waals surface area contributed by atoms with Crippen molar-refractivity contribution in [3.05, 3.63) is 33.0 Å². The Labute approximate surface area is 137 Å². The molecule has 5 heteroatoms. The van der Waals surface area contributed by atoms with E-state index in [0.29, 0.717) is 11.6 Å². The lowest BCUT2D eigenvalue weighted by atomic mass is 9.98. The van der Waals surface area contributed by atoms with Crippen molar-refractivity contribution < 1.29 is 4.74 Å². The zero-order valence-corrected chi connectivity index (χ0v) is 14.6. The molecule has 0 fully saturated rings. The highest BCUT2D eigenvalue weighted by Crippen LogP contribution is 2.35. The fraction of sp³-hybridized carbons (Fsp3) is 0.357. The second kappa shape index (κ2) is 6.06. The van der Waals surface area contributed by atoms with Crippen LogP contribution in [0.3, 0.4) is 0 Å². The molecule has 0 amide bonds. The lowest BCUT2D eigenvalue weighted by molar-refractivity contribution is 0.203. The van der Waals surface area contributed by atoms with Crippen LogP contribution in [0.4, 0.5) is 0 Å². The molecule has 0 N–H and O–H groups in total. The Balaban J connectivity index is 2.43. The first-order chi connectivity index (χ1) is 8.94. The lowest BCUT2D eigenvalue weighted by Crippen LogP contribution is -2.23. The molecule has 0 unspecified atom stereocenters. The van der Waals surface area contributed by atoms with Crippen molar-refractivity contribution in [1.29, 1.82) is 0 Å². The van der Waals surface area contributed by atoms with Crippen molar-refractivity contribution in [2.45, 2.75) is 13.8 Å². The summed E-state index contributed by atoms with van der Waals surface area (Å²) in [6.07, 6.45) is 1.76. The van der Waals surface area contributed by atoms with Gasteiger partial charge >= 0.3 is 0 Å². The van der Waals surface area contributed by atoms with Gasteiger partial charge in [0.1, 0.15) is 5.52 Å². The third-order valence-corrected chi connectivity index (χ3v) is 4.76. The molecule has 0 spiro atoms. The van der Waals surface area contributed by atoms with Crippen molar-refractivity contribution in [2.75, 3.05) is 12.4 Å². The Bertz CT molecular complexity index is 603. The molecule has 0 aliphatic rings. The number of benzene rings is 1. The summed E-state index contributed by atoms with van der Waals surface area (Å²) in [5, 5.41) is 1.62. The topological polar surface area (TPSA) is 22.1 Å². The third kappa shape index (κ3) is 3.47. The van der Waals surface area contributed by atoms with Crippen LogP contribution in [0.25, 0.3) is 10.9 Å². The first-order valence-corrected chi connectivity index (χ1v) is 8.00. The van der Waals surface area contributed by atoms with Crippen LogP contribution in [0.5, 0.6) is 5.75 Å². The number of aromatic nitrogens is 1. The van der Waals surface area contributed by atoms with Crippen LogP contribution in [-0.4, -0.2) is 17.3 Å². The van der Waals surface area contributed by atoms with E-state index >= 15 is 0 Å².